The normalized spacial score (nSPS) is 15.9. The summed E-state index contributed by atoms with van der Waals surface area (Å²) in [6, 6.07) is 21.6. The fourth-order valence-electron chi connectivity index (χ4n) is 5.12. The number of nitrogens with zero attached hydrogens (tertiary/aromatic N) is 8. The van der Waals surface area contributed by atoms with Crippen LogP contribution >= 0.6 is 0 Å². The van der Waals surface area contributed by atoms with Gasteiger partial charge in [-0.1, -0.05) is 65.8 Å². The molecule has 0 aliphatic carbocycles. The molecule has 37 heavy (non-hydrogen) atoms. The molecule has 0 bridgehead atoms. The van der Waals surface area contributed by atoms with Crippen molar-refractivity contribution in [3.8, 4) is 23.0 Å². The number of aromatic nitrogens is 6. The Bertz CT molecular complexity index is 1330. The molecule has 188 valence electrons. The van der Waals surface area contributed by atoms with Gasteiger partial charge in [-0.3, -0.25) is 9.80 Å². The largest absolute Gasteiger partial charge is 0.390 e. The summed E-state index contributed by atoms with van der Waals surface area (Å²) in [5.41, 5.74) is 3.69. The van der Waals surface area contributed by atoms with Crippen LogP contribution in [0.5, 0.6) is 0 Å². The number of hydrogen-bond acceptors (Lipinski definition) is 9. The highest BCUT2D eigenvalue weighted by Gasteiger charge is 2.28. The van der Waals surface area contributed by atoms with Crippen molar-refractivity contribution in [3.05, 3.63) is 90.8 Å². The first-order valence-corrected chi connectivity index (χ1v) is 12.4. The number of β-amino-alcohol motifs (C(OH)–C–C–N with tert-alkyl or cyclic N) is 1. The van der Waals surface area contributed by atoms with Crippen molar-refractivity contribution in [2.45, 2.75) is 18.7 Å². The van der Waals surface area contributed by atoms with Gasteiger partial charge in [-0.25, -0.2) is 15.0 Å². The number of benzene rings is 2. The van der Waals surface area contributed by atoms with Gasteiger partial charge in [-0.15, -0.1) is 0 Å². The minimum absolute atomic E-state index is 0.220. The van der Waals surface area contributed by atoms with Crippen molar-refractivity contribution in [2.75, 3.05) is 32.7 Å². The Morgan fingerprint density at radius 1 is 0.784 bits per heavy atom. The van der Waals surface area contributed by atoms with Gasteiger partial charge in [-0.05, 0) is 11.1 Å². The first kappa shape index (κ1) is 23.4. The van der Waals surface area contributed by atoms with Gasteiger partial charge < -0.3 is 14.2 Å². The van der Waals surface area contributed by atoms with E-state index in [9.17, 15) is 5.11 Å². The molecular weight excluding hydrogens is 468 g/mol. The quantitative estimate of drug-likeness (QED) is 0.347. The average molecular weight is 497 g/mol. The summed E-state index contributed by atoms with van der Waals surface area (Å²) < 4.78 is 6.67. The predicted molar refractivity (Wildman–Crippen MR) is 136 cm³/mol. The van der Waals surface area contributed by atoms with E-state index in [0.29, 0.717) is 36.1 Å². The van der Waals surface area contributed by atoms with Crippen LogP contribution in [0, 0.1) is 0 Å². The van der Waals surface area contributed by atoms with Crippen molar-refractivity contribution < 1.29 is 9.63 Å². The molecular formula is C27H28N8O2. The van der Waals surface area contributed by atoms with Crippen molar-refractivity contribution in [1.29, 1.82) is 0 Å². The lowest BCUT2D eigenvalue weighted by Crippen LogP contribution is -2.50. The number of fused-ring (bicyclic) bond motifs is 1. The molecule has 0 spiro atoms. The molecule has 10 nitrogen and oxygen atoms in total. The van der Waals surface area contributed by atoms with Crippen LogP contribution in [0.15, 0.2) is 84.2 Å². The standard InChI is InChI=1S/C27H28N8O2/c36-22(16-35-18-30-23(26-31-19-37-32-26)24-27(35)29-17-28-24)15-33-11-13-34(14-12-33)25(20-7-3-1-4-8-20)21-9-5-2-6-10-21/h1-10,17-19,22,25,36H,11-16H2/t22-/m0/s1. The van der Waals surface area contributed by atoms with E-state index < -0.39 is 6.10 Å². The number of aliphatic hydroxyl groups is 1. The maximum Gasteiger partial charge on any atom is 0.223 e. The highest BCUT2D eigenvalue weighted by atomic mass is 16.5. The van der Waals surface area contributed by atoms with E-state index in [-0.39, 0.29) is 6.04 Å². The first-order valence-electron chi connectivity index (χ1n) is 12.4. The van der Waals surface area contributed by atoms with Crippen LogP contribution in [0.4, 0.5) is 0 Å². The number of aliphatic hydroxyl groups excluding tert-OH is 1. The van der Waals surface area contributed by atoms with Gasteiger partial charge in [-0.2, -0.15) is 4.98 Å². The third-order valence-electron chi connectivity index (χ3n) is 6.85. The lowest BCUT2D eigenvalue weighted by atomic mass is 9.96. The minimum Gasteiger partial charge on any atom is -0.390 e. The van der Waals surface area contributed by atoms with Crippen LogP contribution in [0.1, 0.15) is 17.2 Å². The summed E-state index contributed by atoms with van der Waals surface area (Å²) in [6.45, 7) is 4.56. The van der Waals surface area contributed by atoms with Gasteiger partial charge in [0, 0.05) is 32.7 Å². The lowest BCUT2D eigenvalue weighted by Gasteiger charge is -2.40. The van der Waals surface area contributed by atoms with Crippen molar-refractivity contribution >= 4 is 0 Å². The summed E-state index contributed by atoms with van der Waals surface area (Å²) in [5, 5.41) is 14.8. The number of hydrogen-bond donors (Lipinski definition) is 1. The molecule has 0 unspecified atom stereocenters. The zero-order valence-electron chi connectivity index (χ0n) is 20.3. The summed E-state index contributed by atoms with van der Waals surface area (Å²) in [6.07, 6.45) is 3.81. The molecule has 3 aliphatic heterocycles. The van der Waals surface area contributed by atoms with E-state index in [0.717, 1.165) is 26.2 Å². The highest BCUT2D eigenvalue weighted by Crippen LogP contribution is 2.30. The van der Waals surface area contributed by atoms with Gasteiger partial charge in [0.2, 0.25) is 12.2 Å². The zero-order chi connectivity index (χ0) is 25.0. The predicted octanol–water partition coefficient (Wildman–Crippen LogP) is 2.60. The second-order valence-electron chi connectivity index (χ2n) is 9.26. The molecule has 1 atom stereocenters. The first-order chi connectivity index (χ1) is 18.3. The van der Waals surface area contributed by atoms with Crippen molar-refractivity contribution in [3.63, 3.8) is 0 Å². The molecule has 10 heteroatoms. The van der Waals surface area contributed by atoms with Crippen LogP contribution in [0.25, 0.3) is 23.0 Å². The monoisotopic (exact) mass is 496 g/mol. The molecule has 0 amide bonds. The average Bonchev–Trinajstić information content (AvgIpc) is 3.65. The zero-order valence-corrected chi connectivity index (χ0v) is 20.3. The molecule has 0 saturated carbocycles. The molecule has 1 N–H and O–H groups in total. The Morgan fingerprint density at radius 2 is 1.49 bits per heavy atom. The van der Waals surface area contributed by atoms with Crippen LogP contribution in [-0.4, -0.2) is 83.4 Å². The van der Waals surface area contributed by atoms with E-state index in [1.165, 1.54) is 23.8 Å². The molecule has 2 aromatic carbocycles. The topological polar surface area (TPSA) is 109 Å². The molecule has 3 aliphatic rings. The Morgan fingerprint density at radius 3 is 2.14 bits per heavy atom. The fraction of sp³-hybridized carbons (Fsp3) is 0.296. The molecule has 1 fully saturated rings. The van der Waals surface area contributed by atoms with Gasteiger partial charge in [0.25, 0.3) is 0 Å². The molecule has 1 aromatic heterocycles. The minimum atomic E-state index is -0.576. The SMILES string of the molecule is O[C@@H](CN1CCN(C(c2ccccc2)c2ccccc2)CC1)Cn1cnc(-c2ncon2)c2ncnc1-2. The van der Waals surface area contributed by atoms with E-state index in [2.05, 4.69) is 95.6 Å². The van der Waals surface area contributed by atoms with E-state index in [4.69, 9.17) is 4.52 Å². The van der Waals surface area contributed by atoms with Crippen LogP contribution < -0.4 is 0 Å². The summed E-state index contributed by atoms with van der Waals surface area (Å²) in [5.74, 6) is 0.993. The Balaban J connectivity index is 1.10. The van der Waals surface area contributed by atoms with E-state index in [1.54, 1.807) is 6.33 Å². The molecule has 1 saturated heterocycles. The third kappa shape index (κ3) is 4.99. The maximum atomic E-state index is 10.9. The van der Waals surface area contributed by atoms with Gasteiger partial charge >= 0.3 is 0 Å². The summed E-state index contributed by atoms with van der Waals surface area (Å²) in [7, 11) is 0. The lowest BCUT2D eigenvalue weighted by molar-refractivity contribution is 0.0555. The van der Waals surface area contributed by atoms with Crippen molar-refractivity contribution in [2.24, 2.45) is 0 Å². The van der Waals surface area contributed by atoms with Crippen LogP contribution in [0.3, 0.4) is 0 Å². The Kier molecular flexibility index (Phi) is 6.68. The Hall–Kier alpha value is -3.99. The van der Waals surface area contributed by atoms with Gasteiger partial charge in [0.05, 0.1) is 25.0 Å². The fourth-order valence-corrected chi connectivity index (χ4v) is 5.12. The maximum absolute atomic E-state index is 10.9. The van der Waals surface area contributed by atoms with Crippen LogP contribution in [0.2, 0.25) is 0 Å². The molecule has 0 radical (unpaired) electrons. The Labute approximate surface area is 214 Å². The van der Waals surface area contributed by atoms with Crippen molar-refractivity contribution in [1.82, 2.24) is 39.5 Å². The second-order valence-corrected chi connectivity index (χ2v) is 9.26. The van der Waals surface area contributed by atoms with E-state index in [1.807, 2.05) is 4.57 Å². The van der Waals surface area contributed by atoms with Gasteiger partial charge in [0.1, 0.15) is 17.7 Å². The number of imidazole rings is 1. The summed E-state index contributed by atoms with van der Waals surface area (Å²) in [4.78, 5) is 22.1. The number of rotatable bonds is 8. The molecule has 4 heterocycles. The molecule has 6 rings (SSSR count). The number of piperazine rings is 1. The van der Waals surface area contributed by atoms with Crippen LogP contribution in [-0.2, 0) is 6.54 Å². The second kappa shape index (κ2) is 10.6. The van der Waals surface area contributed by atoms with Gasteiger partial charge in [0.15, 0.2) is 5.82 Å². The summed E-state index contributed by atoms with van der Waals surface area (Å²) >= 11 is 0. The highest BCUT2D eigenvalue weighted by molar-refractivity contribution is 5.70. The third-order valence-corrected chi connectivity index (χ3v) is 6.85. The van der Waals surface area contributed by atoms with E-state index >= 15 is 0 Å². The smallest absolute Gasteiger partial charge is 0.223 e. The molecule has 3 aromatic rings.